The summed E-state index contributed by atoms with van der Waals surface area (Å²) in [7, 11) is 1.62. The molecule has 1 fully saturated rings. The highest BCUT2D eigenvalue weighted by Gasteiger charge is 2.24. The second-order valence-corrected chi connectivity index (χ2v) is 7.76. The van der Waals surface area contributed by atoms with Crippen LogP contribution in [0.15, 0.2) is 52.4 Å². The minimum Gasteiger partial charge on any atom is -0.497 e. The predicted octanol–water partition coefficient (Wildman–Crippen LogP) is 4.50. The van der Waals surface area contributed by atoms with Crippen molar-refractivity contribution in [2.24, 2.45) is 4.99 Å². The van der Waals surface area contributed by atoms with Gasteiger partial charge in [-0.3, -0.25) is 4.79 Å². The Morgan fingerprint density at radius 2 is 2.00 bits per heavy atom. The molecule has 1 amide bonds. The smallest absolute Gasteiger partial charge is 0.264 e. The molecule has 0 bridgehead atoms. The SMILES string of the molecule is COc1ccc(/C=C2\S/C(=N/c3nc4ccc(C)cc4s3)NC2=O)cc1. The highest BCUT2D eigenvalue weighted by Crippen LogP contribution is 2.32. The summed E-state index contributed by atoms with van der Waals surface area (Å²) in [6, 6.07) is 13.6. The topological polar surface area (TPSA) is 63.6 Å². The normalized spacial score (nSPS) is 17.2. The zero-order valence-electron chi connectivity index (χ0n) is 14.1. The lowest BCUT2D eigenvalue weighted by Crippen LogP contribution is -2.19. The van der Waals surface area contributed by atoms with E-state index in [1.54, 1.807) is 7.11 Å². The molecule has 0 aliphatic carbocycles. The minimum absolute atomic E-state index is 0.151. The number of ether oxygens (including phenoxy) is 1. The molecule has 2 aromatic carbocycles. The number of aryl methyl sites for hydroxylation is 1. The summed E-state index contributed by atoms with van der Waals surface area (Å²) < 4.78 is 6.24. The van der Waals surface area contributed by atoms with E-state index >= 15 is 0 Å². The fraction of sp³-hybridized carbons (Fsp3) is 0.105. The van der Waals surface area contributed by atoms with E-state index in [9.17, 15) is 4.79 Å². The lowest BCUT2D eigenvalue weighted by atomic mass is 10.2. The summed E-state index contributed by atoms with van der Waals surface area (Å²) in [6.45, 7) is 2.05. The van der Waals surface area contributed by atoms with Gasteiger partial charge in [-0.05, 0) is 60.2 Å². The summed E-state index contributed by atoms with van der Waals surface area (Å²) in [6.07, 6.45) is 1.84. The molecule has 0 radical (unpaired) electrons. The molecule has 4 rings (SSSR count). The number of hydrogen-bond acceptors (Lipinski definition) is 6. The second kappa shape index (κ2) is 6.93. The predicted molar refractivity (Wildman–Crippen MR) is 108 cm³/mol. The number of carbonyl (C=O) groups is 1. The largest absolute Gasteiger partial charge is 0.497 e. The van der Waals surface area contributed by atoms with Crippen LogP contribution in [0, 0.1) is 6.92 Å². The maximum atomic E-state index is 12.2. The summed E-state index contributed by atoms with van der Waals surface area (Å²) in [5, 5.41) is 3.98. The number of thioether (sulfide) groups is 1. The van der Waals surface area contributed by atoms with Gasteiger partial charge in [0.2, 0.25) is 5.13 Å². The van der Waals surface area contributed by atoms with Gasteiger partial charge in [0.1, 0.15) is 5.75 Å². The second-order valence-electron chi connectivity index (χ2n) is 5.72. The number of aromatic nitrogens is 1. The number of fused-ring (bicyclic) bond motifs is 1. The van der Waals surface area contributed by atoms with Gasteiger partial charge >= 0.3 is 0 Å². The van der Waals surface area contributed by atoms with Crippen LogP contribution in [0.3, 0.4) is 0 Å². The Balaban J connectivity index is 1.57. The van der Waals surface area contributed by atoms with Crippen LogP contribution in [-0.2, 0) is 4.79 Å². The van der Waals surface area contributed by atoms with Crippen molar-refractivity contribution in [3.63, 3.8) is 0 Å². The lowest BCUT2D eigenvalue weighted by molar-refractivity contribution is -0.115. The summed E-state index contributed by atoms with van der Waals surface area (Å²) in [4.78, 5) is 21.8. The van der Waals surface area contributed by atoms with Crippen LogP contribution in [-0.4, -0.2) is 23.2 Å². The average Bonchev–Trinajstić information content (AvgIpc) is 3.18. The Labute approximate surface area is 158 Å². The van der Waals surface area contributed by atoms with Gasteiger partial charge in [0.05, 0.1) is 22.2 Å². The third kappa shape index (κ3) is 3.49. The fourth-order valence-corrected chi connectivity index (χ4v) is 4.31. The number of rotatable bonds is 3. The molecule has 0 unspecified atom stereocenters. The van der Waals surface area contributed by atoms with Crippen molar-refractivity contribution in [1.82, 2.24) is 10.3 Å². The summed E-state index contributed by atoms with van der Waals surface area (Å²) in [5.41, 5.74) is 3.04. The van der Waals surface area contributed by atoms with Crippen molar-refractivity contribution in [2.75, 3.05) is 7.11 Å². The number of methoxy groups -OCH3 is 1. The molecule has 1 aliphatic heterocycles. The van der Waals surface area contributed by atoms with E-state index in [0.717, 1.165) is 21.5 Å². The van der Waals surface area contributed by atoms with Crippen LogP contribution in [0.4, 0.5) is 5.13 Å². The van der Waals surface area contributed by atoms with Crippen LogP contribution >= 0.6 is 23.1 Å². The van der Waals surface area contributed by atoms with Gasteiger partial charge in [-0.2, -0.15) is 4.99 Å². The first-order valence-corrected chi connectivity index (χ1v) is 9.55. The van der Waals surface area contributed by atoms with Gasteiger partial charge in [0.15, 0.2) is 5.17 Å². The Bertz CT molecular complexity index is 1050. The summed E-state index contributed by atoms with van der Waals surface area (Å²) >= 11 is 2.83. The Morgan fingerprint density at radius 1 is 1.19 bits per heavy atom. The maximum Gasteiger partial charge on any atom is 0.264 e. The number of hydrogen-bond donors (Lipinski definition) is 1. The molecule has 3 aromatic rings. The van der Waals surface area contributed by atoms with Gasteiger partial charge in [0.25, 0.3) is 5.91 Å². The van der Waals surface area contributed by atoms with E-state index in [1.165, 1.54) is 28.7 Å². The van der Waals surface area contributed by atoms with Crippen molar-refractivity contribution in [3.05, 3.63) is 58.5 Å². The van der Waals surface area contributed by atoms with Crippen LogP contribution in [0.25, 0.3) is 16.3 Å². The van der Waals surface area contributed by atoms with Crippen LogP contribution in [0.5, 0.6) is 5.75 Å². The third-order valence-corrected chi connectivity index (χ3v) is 5.62. The van der Waals surface area contributed by atoms with Gasteiger partial charge in [-0.25, -0.2) is 4.98 Å². The zero-order valence-corrected chi connectivity index (χ0v) is 15.8. The van der Waals surface area contributed by atoms with E-state index in [2.05, 4.69) is 21.4 Å². The number of nitrogens with one attached hydrogen (secondary N) is 1. The van der Waals surface area contributed by atoms with Crippen molar-refractivity contribution >= 4 is 55.6 Å². The number of thiazole rings is 1. The molecule has 5 nitrogen and oxygen atoms in total. The third-order valence-electron chi connectivity index (χ3n) is 3.79. The average molecular weight is 381 g/mol. The molecule has 0 spiro atoms. The standard InChI is InChI=1S/C19H15N3O2S2/c1-11-3-8-14-15(9-11)25-18(20-14)22-19-21-17(23)16(26-19)10-12-4-6-13(24-2)7-5-12/h3-10H,1-2H3,(H,20,21,22,23)/b16-10-. The van der Waals surface area contributed by atoms with E-state index in [-0.39, 0.29) is 5.91 Å². The molecule has 0 atom stereocenters. The highest BCUT2D eigenvalue weighted by atomic mass is 32.2. The fourth-order valence-electron chi connectivity index (χ4n) is 2.49. The van der Waals surface area contributed by atoms with Crippen molar-refractivity contribution in [2.45, 2.75) is 6.92 Å². The van der Waals surface area contributed by atoms with Crippen LogP contribution < -0.4 is 10.1 Å². The summed E-state index contributed by atoms with van der Waals surface area (Å²) in [5.74, 6) is 0.630. The molecule has 130 valence electrons. The molecule has 7 heteroatoms. The highest BCUT2D eigenvalue weighted by molar-refractivity contribution is 8.18. The number of amides is 1. The van der Waals surface area contributed by atoms with Crippen LogP contribution in [0.2, 0.25) is 0 Å². The zero-order chi connectivity index (χ0) is 18.1. The van der Waals surface area contributed by atoms with Gasteiger partial charge in [0, 0.05) is 0 Å². The molecule has 1 saturated heterocycles. The van der Waals surface area contributed by atoms with Crippen LogP contribution in [0.1, 0.15) is 11.1 Å². The van der Waals surface area contributed by atoms with E-state index in [4.69, 9.17) is 4.74 Å². The Hall–Kier alpha value is -2.64. The minimum atomic E-state index is -0.151. The Kier molecular flexibility index (Phi) is 4.48. The number of nitrogens with zero attached hydrogens (tertiary/aromatic N) is 2. The molecule has 1 N–H and O–H groups in total. The maximum absolute atomic E-state index is 12.2. The Morgan fingerprint density at radius 3 is 2.77 bits per heavy atom. The van der Waals surface area contributed by atoms with Crippen molar-refractivity contribution in [1.29, 1.82) is 0 Å². The van der Waals surface area contributed by atoms with Crippen molar-refractivity contribution in [3.8, 4) is 5.75 Å². The van der Waals surface area contributed by atoms with E-state index in [0.29, 0.717) is 15.2 Å². The van der Waals surface area contributed by atoms with E-state index in [1.807, 2.05) is 49.4 Å². The number of carbonyl (C=O) groups excluding carboxylic acids is 1. The molecule has 26 heavy (non-hydrogen) atoms. The van der Waals surface area contributed by atoms with Gasteiger partial charge in [-0.1, -0.05) is 29.5 Å². The molecule has 2 heterocycles. The molecule has 1 aromatic heterocycles. The molecule has 1 aliphatic rings. The first-order chi connectivity index (χ1) is 12.6. The molecular formula is C19H15N3O2S2. The first kappa shape index (κ1) is 16.8. The molecular weight excluding hydrogens is 366 g/mol. The molecule has 0 saturated carbocycles. The lowest BCUT2D eigenvalue weighted by Gasteiger charge is -1.99. The monoisotopic (exact) mass is 381 g/mol. The number of benzene rings is 2. The number of amidine groups is 1. The van der Waals surface area contributed by atoms with E-state index < -0.39 is 0 Å². The van der Waals surface area contributed by atoms with Gasteiger partial charge in [-0.15, -0.1) is 0 Å². The van der Waals surface area contributed by atoms with Gasteiger partial charge < -0.3 is 10.1 Å². The number of aliphatic imine (C=N–C) groups is 1. The van der Waals surface area contributed by atoms with Crippen molar-refractivity contribution < 1.29 is 9.53 Å². The quantitative estimate of drug-likeness (QED) is 0.678. The first-order valence-electron chi connectivity index (χ1n) is 7.91.